The molecule has 1 amide bonds. The molecule has 0 radical (unpaired) electrons. The van der Waals surface area contributed by atoms with Gasteiger partial charge >= 0.3 is 5.97 Å². The van der Waals surface area contributed by atoms with Crippen LogP contribution in [0.3, 0.4) is 0 Å². The first kappa shape index (κ1) is 20.5. The van der Waals surface area contributed by atoms with Crippen LogP contribution in [0, 0.1) is 0 Å². The van der Waals surface area contributed by atoms with Crippen LogP contribution in [0.2, 0.25) is 0 Å². The van der Waals surface area contributed by atoms with E-state index in [-0.39, 0.29) is 13.2 Å². The summed E-state index contributed by atoms with van der Waals surface area (Å²) in [5.41, 5.74) is 1.81. The van der Waals surface area contributed by atoms with Crippen LogP contribution >= 0.6 is 0 Å². The summed E-state index contributed by atoms with van der Waals surface area (Å²) >= 11 is 0. The van der Waals surface area contributed by atoms with E-state index in [0.717, 1.165) is 18.8 Å². The lowest BCUT2D eigenvalue weighted by atomic mass is 10.2. The lowest BCUT2D eigenvalue weighted by molar-refractivity contribution is -0.149. The van der Waals surface area contributed by atoms with E-state index < -0.39 is 11.9 Å². The van der Waals surface area contributed by atoms with E-state index in [4.69, 9.17) is 14.2 Å². The molecule has 1 aliphatic heterocycles. The molecule has 3 rings (SSSR count). The Bertz CT molecular complexity index is 816. The Labute approximate surface area is 170 Å². The van der Waals surface area contributed by atoms with Crippen LogP contribution < -0.4 is 19.7 Å². The second-order valence-electron chi connectivity index (χ2n) is 6.62. The van der Waals surface area contributed by atoms with Crippen LogP contribution in [-0.2, 0) is 14.3 Å². The molecule has 154 valence electrons. The van der Waals surface area contributed by atoms with Gasteiger partial charge < -0.3 is 24.4 Å². The Balaban J connectivity index is 1.40. The first-order valence-electron chi connectivity index (χ1n) is 9.81. The monoisotopic (exact) mass is 398 g/mol. The predicted octanol–water partition coefficient (Wildman–Crippen LogP) is 3.25. The molecule has 0 aromatic heterocycles. The van der Waals surface area contributed by atoms with Crippen LogP contribution in [-0.4, -0.2) is 44.8 Å². The molecule has 0 unspecified atom stereocenters. The fourth-order valence-corrected chi connectivity index (χ4v) is 3.10. The average Bonchev–Trinajstić information content (AvgIpc) is 3.27. The smallest absolute Gasteiger partial charge is 0.344 e. The van der Waals surface area contributed by atoms with Gasteiger partial charge in [0.15, 0.2) is 24.7 Å². The SMILES string of the molecule is CCOc1ccccc1OCC(=O)OCC(=O)Nc1ccc(N2CCCC2)cc1. The third kappa shape index (κ3) is 6.14. The number of hydrogen-bond donors (Lipinski definition) is 1. The molecule has 1 N–H and O–H groups in total. The molecule has 2 aromatic carbocycles. The summed E-state index contributed by atoms with van der Waals surface area (Å²) in [5, 5.41) is 2.72. The van der Waals surface area contributed by atoms with Gasteiger partial charge in [0.2, 0.25) is 0 Å². The van der Waals surface area contributed by atoms with E-state index in [1.165, 1.54) is 12.8 Å². The van der Waals surface area contributed by atoms with Crippen molar-refractivity contribution in [1.82, 2.24) is 0 Å². The molecule has 1 saturated heterocycles. The summed E-state index contributed by atoms with van der Waals surface area (Å²) in [6, 6.07) is 14.7. The second kappa shape index (κ2) is 10.4. The maximum atomic E-state index is 12.0. The van der Waals surface area contributed by atoms with Crippen molar-refractivity contribution in [2.24, 2.45) is 0 Å². The number of benzene rings is 2. The topological polar surface area (TPSA) is 77.1 Å². The zero-order valence-corrected chi connectivity index (χ0v) is 16.6. The minimum Gasteiger partial charge on any atom is -0.490 e. The van der Waals surface area contributed by atoms with Crippen molar-refractivity contribution in [3.05, 3.63) is 48.5 Å². The molecule has 0 atom stereocenters. The molecule has 0 bridgehead atoms. The predicted molar refractivity (Wildman–Crippen MR) is 111 cm³/mol. The summed E-state index contributed by atoms with van der Waals surface area (Å²) in [6.45, 7) is 3.82. The summed E-state index contributed by atoms with van der Waals surface area (Å²) in [5.74, 6) is -0.0235. The largest absolute Gasteiger partial charge is 0.490 e. The number of hydrogen-bond acceptors (Lipinski definition) is 6. The minimum atomic E-state index is -0.629. The Hall–Kier alpha value is -3.22. The molecular weight excluding hydrogens is 372 g/mol. The zero-order valence-electron chi connectivity index (χ0n) is 16.6. The zero-order chi connectivity index (χ0) is 20.5. The molecule has 0 saturated carbocycles. The highest BCUT2D eigenvalue weighted by atomic mass is 16.6. The highest BCUT2D eigenvalue weighted by Crippen LogP contribution is 2.26. The number of para-hydroxylation sites is 2. The lowest BCUT2D eigenvalue weighted by Crippen LogP contribution is -2.23. The average molecular weight is 398 g/mol. The quantitative estimate of drug-likeness (QED) is 0.654. The molecule has 7 heteroatoms. The van der Waals surface area contributed by atoms with Crippen LogP contribution in [0.15, 0.2) is 48.5 Å². The highest BCUT2D eigenvalue weighted by Gasteiger charge is 2.13. The van der Waals surface area contributed by atoms with Gasteiger partial charge in [-0.25, -0.2) is 4.79 Å². The van der Waals surface area contributed by atoms with E-state index in [0.29, 0.717) is 23.8 Å². The Morgan fingerprint density at radius 2 is 1.59 bits per heavy atom. The number of carbonyl (C=O) groups excluding carboxylic acids is 2. The van der Waals surface area contributed by atoms with E-state index in [2.05, 4.69) is 10.2 Å². The number of anilines is 2. The van der Waals surface area contributed by atoms with E-state index in [1.807, 2.05) is 37.3 Å². The van der Waals surface area contributed by atoms with E-state index >= 15 is 0 Å². The number of ether oxygens (including phenoxy) is 3. The number of nitrogens with zero attached hydrogens (tertiary/aromatic N) is 1. The van der Waals surface area contributed by atoms with Gasteiger partial charge in [-0.3, -0.25) is 4.79 Å². The van der Waals surface area contributed by atoms with Crippen LogP contribution in [0.5, 0.6) is 11.5 Å². The van der Waals surface area contributed by atoms with Crippen LogP contribution in [0.4, 0.5) is 11.4 Å². The second-order valence-corrected chi connectivity index (χ2v) is 6.62. The first-order valence-corrected chi connectivity index (χ1v) is 9.81. The molecule has 7 nitrogen and oxygen atoms in total. The third-order valence-corrected chi connectivity index (χ3v) is 4.48. The molecule has 1 fully saturated rings. The summed E-state index contributed by atoms with van der Waals surface area (Å²) < 4.78 is 15.8. The number of esters is 1. The molecular formula is C22H26N2O5. The van der Waals surface area contributed by atoms with Crippen molar-refractivity contribution in [2.75, 3.05) is 43.1 Å². The van der Waals surface area contributed by atoms with Gasteiger partial charge in [0.1, 0.15) is 0 Å². The van der Waals surface area contributed by atoms with Crippen molar-refractivity contribution < 1.29 is 23.8 Å². The minimum absolute atomic E-state index is 0.304. The molecule has 0 aliphatic carbocycles. The number of nitrogens with one attached hydrogen (secondary N) is 1. The Morgan fingerprint density at radius 1 is 0.931 bits per heavy atom. The van der Waals surface area contributed by atoms with Crippen molar-refractivity contribution in [3.63, 3.8) is 0 Å². The van der Waals surface area contributed by atoms with Gasteiger partial charge in [0.05, 0.1) is 6.61 Å². The highest BCUT2D eigenvalue weighted by molar-refractivity contribution is 5.93. The molecule has 29 heavy (non-hydrogen) atoms. The van der Waals surface area contributed by atoms with Gasteiger partial charge in [-0.05, 0) is 56.2 Å². The standard InChI is InChI=1S/C22H26N2O5/c1-2-27-19-7-3-4-8-20(19)28-16-22(26)29-15-21(25)23-17-9-11-18(12-10-17)24-13-5-6-14-24/h3-4,7-12H,2,5-6,13-16H2,1H3,(H,23,25). The molecule has 0 spiro atoms. The fraction of sp³-hybridized carbons (Fsp3) is 0.364. The van der Waals surface area contributed by atoms with Crippen molar-refractivity contribution in [1.29, 1.82) is 0 Å². The van der Waals surface area contributed by atoms with Gasteiger partial charge in [0, 0.05) is 24.5 Å². The fourth-order valence-electron chi connectivity index (χ4n) is 3.10. The maximum absolute atomic E-state index is 12.0. The van der Waals surface area contributed by atoms with Gasteiger partial charge in [0.25, 0.3) is 5.91 Å². The Kier molecular flexibility index (Phi) is 7.33. The van der Waals surface area contributed by atoms with Crippen molar-refractivity contribution in [2.45, 2.75) is 19.8 Å². The van der Waals surface area contributed by atoms with Gasteiger partial charge in [-0.1, -0.05) is 12.1 Å². The van der Waals surface area contributed by atoms with Crippen LogP contribution in [0.25, 0.3) is 0 Å². The first-order chi connectivity index (χ1) is 14.2. The summed E-state index contributed by atoms with van der Waals surface area (Å²) in [6.07, 6.45) is 2.43. The maximum Gasteiger partial charge on any atom is 0.344 e. The van der Waals surface area contributed by atoms with Crippen molar-refractivity contribution in [3.8, 4) is 11.5 Å². The number of carbonyl (C=O) groups is 2. The number of rotatable bonds is 9. The van der Waals surface area contributed by atoms with Crippen molar-refractivity contribution >= 4 is 23.3 Å². The van der Waals surface area contributed by atoms with Gasteiger partial charge in [-0.2, -0.15) is 0 Å². The van der Waals surface area contributed by atoms with Crippen LogP contribution in [0.1, 0.15) is 19.8 Å². The lowest BCUT2D eigenvalue weighted by Gasteiger charge is -2.17. The molecule has 1 aliphatic rings. The molecule has 1 heterocycles. The normalized spacial score (nSPS) is 13.1. The third-order valence-electron chi connectivity index (χ3n) is 4.48. The summed E-state index contributed by atoms with van der Waals surface area (Å²) in [4.78, 5) is 26.2. The Morgan fingerprint density at radius 3 is 2.24 bits per heavy atom. The van der Waals surface area contributed by atoms with E-state index in [1.54, 1.807) is 18.2 Å². The summed E-state index contributed by atoms with van der Waals surface area (Å²) in [7, 11) is 0. The van der Waals surface area contributed by atoms with Gasteiger partial charge in [-0.15, -0.1) is 0 Å². The van der Waals surface area contributed by atoms with E-state index in [9.17, 15) is 9.59 Å². The molecule has 2 aromatic rings. The number of amides is 1.